The molecule has 6 heteroatoms. The summed E-state index contributed by atoms with van der Waals surface area (Å²) in [7, 11) is 0. The van der Waals surface area contributed by atoms with E-state index in [0.29, 0.717) is 18.7 Å². The van der Waals surface area contributed by atoms with Crippen molar-refractivity contribution in [3.05, 3.63) is 77.5 Å². The number of carbonyl (C=O) groups is 1. The van der Waals surface area contributed by atoms with Crippen LogP contribution in [0.25, 0.3) is 11.3 Å². The lowest BCUT2D eigenvalue weighted by atomic mass is 9.96. The molecule has 1 atom stereocenters. The highest BCUT2D eigenvalue weighted by atomic mass is 19.2. The van der Waals surface area contributed by atoms with Crippen LogP contribution < -0.4 is 5.32 Å². The van der Waals surface area contributed by atoms with Gasteiger partial charge in [-0.2, -0.15) is 0 Å². The Hall–Kier alpha value is -2.99. The molecule has 4 rings (SSSR count). The molecule has 1 aliphatic rings. The molecule has 0 bridgehead atoms. The van der Waals surface area contributed by atoms with Crippen LogP contribution in [0.1, 0.15) is 24.0 Å². The van der Waals surface area contributed by atoms with Crippen molar-refractivity contribution in [1.82, 2.24) is 9.88 Å². The molecule has 0 radical (unpaired) electrons. The Morgan fingerprint density at radius 1 is 1.17 bits per heavy atom. The standard InChI is InChI=1S/C24H25F2N3O/c1-16-12-19(7-8-20(16)23-5-2-10-27-23)28-24(30)18-4-3-11-29(15-18)14-17-6-9-21(25)22(26)13-17/h2,5-10,12-13,18,27H,3-4,11,14-15H2,1H3,(H,28,30)/t18-/m0/s1. The van der Waals surface area contributed by atoms with E-state index in [-0.39, 0.29) is 11.8 Å². The molecule has 1 amide bonds. The monoisotopic (exact) mass is 409 g/mol. The van der Waals surface area contributed by atoms with Gasteiger partial charge < -0.3 is 10.3 Å². The summed E-state index contributed by atoms with van der Waals surface area (Å²) < 4.78 is 26.6. The topological polar surface area (TPSA) is 48.1 Å². The number of anilines is 1. The number of rotatable bonds is 5. The second-order valence-corrected chi connectivity index (χ2v) is 7.93. The van der Waals surface area contributed by atoms with Gasteiger partial charge in [0, 0.05) is 36.2 Å². The highest BCUT2D eigenvalue weighted by Gasteiger charge is 2.26. The molecule has 0 unspecified atom stereocenters. The first-order valence-electron chi connectivity index (χ1n) is 10.2. The Labute approximate surface area is 174 Å². The van der Waals surface area contributed by atoms with Crippen molar-refractivity contribution in [3.63, 3.8) is 0 Å². The van der Waals surface area contributed by atoms with Crippen LogP contribution in [0, 0.1) is 24.5 Å². The smallest absolute Gasteiger partial charge is 0.228 e. The molecule has 4 nitrogen and oxygen atoms in total. The largest absolute Gasteiger partial charge is 0.361 e. The number of likely N-dealkylation sites (tertiary alicyclic amines) is 1. The first-order chi connectivity index (χ1) is 14.5. The van der Waals surface area contributed by atoms with Crippen LogP contribution in [0.4, 0.5) is 14.5 Å². The number of aromatic amines is 1. The molecule has 1 saturated heterocycles. The van der Waals surface area contributed by atoms with Gasteiger partial charge >= 0.3 is 0 Å². The molecule has 1 aliphatic heterocycles. The van der Waals surface area contributed by atoms with E-state index >= 15 is 0 Å². The Kier molecular flexibility index (Phi) is 5.95. The van der Waals surface area contributed by atoms with Crippen LogP contribution >= 0.6 is 0 Å². The number of hydrogen-bond acceptors (Lipinski definition) is 2. The summed E-state index contributed by atoms with van der Waals surface area (Å²) in [6.45, 7) is 3.97. The lowest BCUT2D eigenvalue weighted by Gasteiger charge is -2.32. The fourth-order valence-electron chi connectivity index (χ4n) is 4.10. The van der Waals surface area contributed by atoms with Gasteiger partial charge in [-0.1, -0.05) is 12.1 Å². The molecule has 2 heterocycles. The zero-order valence-corrected chi connectivity index (χ0v) is 16.9. The molecule has 0 spiro atoms. The first-order valence-corrected chi connectivity index (χ1v) is 10.2. The van der Waals surface area contributed by atoms with E-state index in [1.807, 2.05) is 43.5 Å². The highest BCUT2D eigenvalue weighted by molar-refractivity contribution is 5.93. The number of nitrogens with zero attached hydrogens (tertiary/aromatic N) is 1. The van der Waals surface area contributed by atoms with Crippen molar-refractivity contribution >= 4 is 11.6 Å². The van der Waals surface area contributed by atoms with Crippen LogP contribution in [-0.2, 0) is 11.3 Å². The number of hydrogen-bond donors (Lipinski definition) is 2. The lowest BCUT2D eigenvalue weighted by Crippen LogP contribution is -2.40. The third-order valence-electron chi connectivity index (χ3n) is 5.65. The van der Waals surface area contributed by atoms with Crippen molar-refractivity contribution in [3.8, 4) is 11.3 Å². The number of carbonyl (C=O) groups excluding carboxylic acids is 1. The summed E-state index contributed by atoms with van der Waals surface area (Å²) in [4.78, 5) is 18.2. The fraction of sp³-hybridized carbons (Fsp3) is 0.292. The Morgan fingerprint density at radius 2 is 2.03 bits per heavy atom. The van der Waals surface area contributed by atoms with Crippen molar-refractivity contribution in [2.24, 2.45) is 5.92 Å². The van der Waals surface area contributed by atoms with Crippen LogP contribution in [0.3, 0.4) is 0 Å². The first kappa shape index (κ1) is 20.3. The van der Waals surface area contributed by atoms with E-state index in [1.165, 1.54) is 6.07 Å². The maximum atomic E-state index is 13.5. The lowest BCUT2D eigenvalue weighted by molar-refractivity contribution is -0.121. The maximum Gasteiger partial charge on any atom is 0.228 e. The van der Waals surface area contributed by atoms with Gasteiger partial charge in [0.15, 0.2) is 11.6 Å². The second kappa shape index (κ2) is 8.79. The van der Waals surface area contributed by atoms with E-state index in [0.717, 1.165) is 48.0 Å². The molecule has 30 heavy (non-hydrogen) atoms. The predicted octanol–water partition coefficient (Wildman–Crippen LogP) is 5.12. The average molecular weight is 409 g/mol. The molecule has 3 aromatic rings. The zero-order valence-electron chi connectivity index (χ0n) is 16.9. The number of piperidine rings is 1. The molecular formula is C24H25F2N3O. The van der Waals surface area contributed by atoms with Crippen LogP contribution in [0.2, 0.25) is 0 Å². The third kappa shape index (κ3) is 4.60. The maximum absolute atomic E-state index is 13.5. The van der Waals surface area contributed by atoms with E-state index in [1.54, 1.807) is 6.07 Å². The summed E-state index contributed by atoms with van der Waals surface area (Å²) in [5, 5.41) is 3.04. The minimum Gasteiger partial charge on any atom is -0.361 e. The van der Waals surface area contributed by atoms with Gasteiger partial charge in [-0.3, -0.25) is 9.69 Å². The number of halogens is 2. The molecule has 2 N–H and O–H groups in total. The van der Waals surface area contributed by atoms with Crippen molar-refractivity contribution < 1.29 is 13.6 Å². The van der Waals surface area contributed by atoms with E-state index < -0.39 is 11.6 Å². The van der Waals surface area contributed by atoms with Gasteiger partial charge in [0.2, 0.25) is 5.91 Å². The van der Waals surface area contributed by atoms with Crippen LogP contribution in [0.15, 0.2) is 54.7 Å². The number of aryl methyl sites for hydroxylation is 1. The number of amides is 1. The zero-order chi connectivity index (χ0) is 21.1. The van der Waals surface area contributed by atoms with E-state index in [2.05, 4.69) is 15.2 Å². The second-order valence-electron chi connectivity index (χ2n) is 7.93. The van der Waals surface area contributed by atoms with Gasteiger partial charge in [-0.05, 0) is 73.8 Å². The summed E-state index contributed by atoms with van der Waals surface area (Å²) in [5.74, 6) is -1.81. The van der Waals surface area contributed by atoms with Crippen molar-refractivity contribution in [2.75, 3.05) is 18.4 Å². The van der Waals surface area contributed by atoms with Crippen LogP contribution in [0.5, 0.6) is 0 Å². The molecule has 1 fully saturated rings. The van der Waals surface area contributed by atoms with Gasteiger partial charge in [0.25, 0.3) is 0 Å². The van der Waals surface area contributed by atoms with Gasteiger partial charge in [0.05, 0.1) is 5.92 Å². The molecular weight excluding hydrogens is 384 g/mol. The minimum absolute atomic E-state index is 0.00277. The molecule has 0 saturated carbocycles. The normalized spacial score (nSPS) is 17.1. The molecule has 156 valence electrons. The quantitative estimate of drug-likeness (QED) is 0.615. The summed E-state index contributed by atoms with van der Waals surface area (Å²) in [5.41, 5.74) is 4.73. The Balaban J connectivity index is 1.38. The predicted molar refractivity (Wildman–Crippen MR) is 114 cm³/mol. The van der Waals surface area contributed by atoms with Gasteiger partial charge in [-0.15, -0.1) is 0 Å². The van der Waals surface area contributed by atoms with Crippen molar-refractivity contribution in [2.45, 2.75) is 26.3 Å². The number of H-pyrrole nitrogens is 1. The van der Waals surface area contributed by atoms with E-state index in [9.17, 15) is 13.6 Å². The summed E-state index contributed by atoms with van der Waals surface area (Å²) in [6, 6.07) is 13.9. The number of benzene rings is 2. The van der Waals surface area contributed by atoms with Crippen LogP contribution in [-0.4, -0.2) is 28.9 Å². The van der Waals surface area contributed by atoms with Crippen molar-refractivity contribution in [1.29, 1.82) is 0 Å². The highest BCUT2D eigenvalue weighted by Crippen LogP contribution is 2.26. The number of aromatic nitrogens is 1. The number of nitrogens with one attached hydrogen (secondary N) is 2. The fourth-order valence-corrected chi connectivity index (χ4v) is 4.10. The SMILES string of the molecule is Cc1cc(NC(=O)[C@H]2CCCN(Cc3ccc(F)c(F)c3)C2)ccc1-c1ccc[nH]1. The van der Waals surface area contributed by atoms with E-state index in [4.69, 9.17) is 0 Å². The Morgan fingerprint density at radius 3 is 2.77 bits per heavy atom. The Bertz CT molecular complexity index is 1030. The summed E-state index contributed by atoms with van der Waals surface area (Å²) in [6.07, 6.45) is 3.60. The summed E-state index contributed by atoms with van der Waals surface area (Å²) >= 11 is 0. The average Bonchev–Trinajstić information content (AvgIpc) is 3.26. The van der Waals surface area contributed by atoms with Gasteiger partial charge in [0.1, 0.15) is 0 Å². The third-order valence-corrected chi connectivity index (χ3v) is 5.65. The molecule has 0 aliphatic carbocycles. The minimum atomic E-state index is -0.841. The van der Waals surface area contributed by atoms with Gasteiger partial charge in [-0.25, -0.2) is 8.78 Å². The molecule has 2 aromatic carbocycles. The molecule has 1 aromatic heterocycles.